The number of aliphatic imine (C=N–C) groups is 1. The quantitative estimate of drug-likeness (QED) is 0.792. The average molecular weight is 295 g/mol. The molecule has 112 valence electrons. The SMILES string of the molecule is CC1=C(c2nc3ccc(F)cc3n2C2CC2)C=NC=CCC1. The number of hydrogen-bond acceptors (Lipinski definition) is 2. The van der Waals surface area contributed by atoms with E-state index in [0.29, 0.717) is 6.04 Å². The fourth-order valence-corrected chi connectivity index (χ4v) is 3.00. The van der Waals surface area contributed by atoms with E-state index in [1.165, 1.54) is 11.6 Å². The van der Waals surface area contributed by atoms with Crippen molar-refractivity contribution in [3.63, 3.8) is 0 Å². The molecular formula is C18H18FN3. The molecule has 0 N–H and O–H groups in total. The second-order valence-electron chi connectivity index (χ2n) is 6.07. The Labute approximate surface area is 128 Å². The van der Waals surface area contributed by atoms with Crippen molar-refractivity contribution in [2.75, 3.05) is 0 Å². The maximum Gasteiger partial charge on any atom is 0.142 e. The first-order chi connectivity index (χ1) is 10.7. The van der Waals surface area contributed by atoms with Crippen LogP contribution in [0.1, 0.15) is 44.5 Å². The summed E-state index contributed by atoms with van der Waals surface area (Å²) >= 11 is 0. The molecule has 1 aromatic carbocycles. The highest BCUT2D eigenvalue weighted by molar-refractivity contribution is 6.10. The number of fused-ring (bicyclic) bond motifs is 1. The van der Waals surface area contributed by atoms with Crippen LogP contribution in [-0.4, -0.2) is 15.8 Å². The smallest absolute Gasteiger partial charge is 0.142 e. The molecule has 0 bridgehead atoms. The first kappa shape index (κ1) is 13.4. The molecule has 0 radical (unpaired) electrons. The topological polar surface area (TPSA) is 30.2 Å². The summed E-state index contributed by atoms with van der Waals surface area (Å²) in [5, 5.41) is 0. The molecule has 0 amide bonds. The van der Waals surface area contributed by atoms with Crippen molar-refractivity contribution in [1.29, 1.82) is 0 Å². The maximum absolute atomic E-state index is 13.7. The molecule has 2 heterocycles. The summed E-state index contributed by atoms with van der Waals surface area (Å²) in [5.74, 6) is 0.723. The van der Waals surface area contributed by atoms with Crippen LogP contribution in [0.4, 0.5) is 4.39 Å². The van der Waals surface area contributed by atoms with Gasteiger partial charge in [0.05, 0.1) is 11.0 Å². The van der Waals surface area contributed by atoms with E-state index in [4.69, 9.17) is 4.98 Å². The predicted octanol–water partition coefficient (Wildman–Crippen LogP) is 4.66. The Morgan fingerprint density at radius 1 is 1.27 bits per heavy atom. The lowest BCUT2D eigenvalue weighted by molar-refractivity contribution is 0.628. The summed E-state index contributed by atoms with van der Waals surface area (Å²) in [4.78, 5) is 9.14. The molecular weight excluding hydrogens is 277 g/mol. The highest BCUT2D eigenvalue weighted by atomic mass is 19.1. The number of benzene rings is 1. The van der Waals surface area contributed by atoms with Crippen LogP contribution < -0.4 is 0 Å². The number of nitrogens with zero attached hydrogens (tertiary/aromatic N) is 3. The van der Waals surface area contributed by atoms with Crippen LogP contribution in [0, 0.1) is 5.82 Å². The minimum atomic E-state index is -0.208. The van der Waals surface area contributed by atoms with Gasteiger partial charge in [0.15, 0.2) is 0 Å². The van der Waals surface area contributed by atoms with Crippen molar-refractivity contribution < 1.29 is 4.39 Å². The molecule has 1 aromatic heterocycles. The fourth-order valence-electron chi connectivity index (χ4n) is 3.00. The van der Waals surface area contributed by atoms with Gasteiger partial charge in [-0.2, -0.15) is 0 Å². The molecule has 0 spiro atoms. The molecule has 1 fully saturated rings. The predicted molar refractivity (Wildman–Crippen MR) is 87.4 cm³/mol. The van der Waals surface area contributed by atoms with Crippen molar-refractivity contribution in [1.82, 2.24) is 9.55 Å². The molecule has 4 heteroatoms. The molecule has 1 aliphatic heterocycles. The standard InChI is InChI=1S/C18H18FN3/c1-12-4-2-3-9-20-11-15(12)18-21-16-8-5-13(19)10-17(16)22(18)14-6-7-14/h3,5,8-11,14H,2,4,6-7H2,1H3. The Balaban J connectivity index is 1.96. The van der Waals surface area contributed by atoms with Crippen molar-refractivity contribution >= 4 is 22.8 Å². The Morgan fingerprint density at radius 2 is 2.14 bits per heavy atom. The van der Waals surface area contributed by atoms with Gasteiger partial charge in [0.2, 0.25) is 0 Å². The van der Waals surface area contributed by atoms with E-state index in [2.05, 4.69) is 22.6 Å². The van der Waals surface area contributed by atoms with Crippen LogP contribution in [0.2, 0.25) is 0 Å². The third-order valence-corrected chi connectivity index (χ3v) is 4.35. The Morgan fingerprint density at radius 3 is 2.95 bits per heavy atom. The van der Waals surface area contributed by atoms with Gasteiger partial charge in [0, 0.05) is 24.0 Å². The van der Waals surface area contributed by atoms with Crippen molar-refractivity contribution in [3.05, 3.63) is 47.7 Å². The number of imidazole rings is 1. The molecule has 1 saturated carbocycles. The van der Waals surface area contributed by atoms with Gasteiger partial charge < -0.3 is 4.57 Å². The van der Waals surface area contributed by atoms with E-state index in [9.17, 15) is 4.39 Å². The maximum atomic E-state index is 13.7. The molecule has 22 heavy (non-hydrogen) atoms. The van der Waals surface area contributed by atoms with Gasteiger partial charge >= 0.3 is 0 Å². The van der Waals surface area contributed by atoms with Crippen molar-refractivity contribution in [3.8, 4) is 0 Å². The third kappa shape index (κ3) is 2.28. The number of aromatic nitrogens is 2. The zero-order valence-electron chi connectivity index (χ0n) is 12.6. The van der Waals surface area contributed by atoms with Crippen molar-refractivity contribution in [2.45, 2.75) is 38.6 Å². The van der Waals surface area contributed by atoms with Crippen LogP contribution in [0.5, 0.6) is 0 Å². The number of halogens is 1. The van der Waals surface area contributed by atoms with E-state index in [1.54, 1.807) is 12.1 Å². The van der Waals surface area contributed by atoms with E-state index in [-0.39, 0.29) is 5.82 Å². The molecule has 0 atom stereocenters. The highest BCUT2D eigenvalue weighted by Crippen LogP contribution is 2.40. The van der Waals surface area contributed by atoms with Gasteiger partial charge in [0.25, 0.3) is 0 Å². The number of rotatable bonds is 2. The monoisotopic (exact) mass is 295 g/mol. The summed E-state index contributed by atoms with van der Waals surface area (Å²) in [6.45, 7) is 2.14. The van der Waals surface area contributed by atoms with E-state index >= 15 is 0 Å². The average Bonchev–Trinajstić information content (AvgIpc) is 3.25. The first-order valence-electron chi connectivity index (χ1n) is 7.80. The normalized spacial score (nSPS) is 18.8. The second-order valence-corrected chi connectivity index (χ2v) is 6.07. The van der Waals surface area contributed by atoms with Crippen LogP contribution >= 0.6 is 0 Å². The molecule has 4 rings (SSSR count). The van der Waals surface area contributed by atoms with Crippen LogP contribution in [0.25, 0.3) is 16.6 Å². The largest absolute Gasteiger partial charge is 0.321 e. The summed E-state index contributed by atoms with van der Waals surface area (Å²) in [7, 11) is 0. The fraction of sp³-hybridized carbons (Fsp3) is 0.333. The van der Waals surface area contributed by atoms with Gasteiger partial charge in [0.1, 0.15) is 11.6 Å². The van der Waals surface area contributed by atoms with Gasteiger partial charge in [-0.3, -0.25) is 4.99 Å². The lowest BCUT2D eigenvalue weighted by Gasteiger charge is -2.12. The van der Waals surface area contributed by atoms with E-state index in [1.807, 2.05) is 12.4 Å². The minimum Gasteiger partial charge on any atom is -0.321 e. The van der Waals surface area contributed by atoms with Crippen LogP contribution in [0.3, 0.4) is 0 Å². The lowest BCUT2D eigenvalue weighted by Crippen LogP contribution is -2.04. The summed E-state index contributed by atoms with van der Waals surface area (Å²) in [6.07, 6.45) is 10.1. The number of hydrogen-bond donors (Lipinski definition) is 0. The van der Waals surface area contributed by atoms with Crippen LogP contribution in [-0.2, 0) is 0 Å². The highest BCUT2D eigenvalue weighted by Gasteiger charge is 2.29. The molecule has 2 aliphatic rings. The van der Waals surface area contributed by atoms with E-state index < -0.39 is 0 Å². The molecule has 0 saturated heterocycles. The zero-order valence-corrected chi connectivity index (χ0v) is 12.6. The van der Waals surface area contributed by atoms with Crippen molar-refractivity contribution in [2.24, 2.45) is 4.99 Å². The zero-order chi connectivity index (χ0) is 15.1. The molecule has 3 nitrogen and oxygen atoms in total. The minimum absolute atomic E-state index is 0.208. The lowest BCUT2D eigenvalue weighted by atomic mass is 10.0. The molecule has 2 aromatic rings. The molecule has 0 unspecified atom stereocenters. The summed E-state index contributed by atoms with van der Waals surface area (Å²) < 4.78 is 15.9. The summed E-state index contributed by atoms with van der Waals surface area (Å²) in [6, 6.07) is 5.28. The summed E-state index contributed by atoms with van der Waals surface area (Å²) in [5.41, 5.74) is 4.11. The Hall–Kier alpha value is -2.23. The second kappa shape index (κ2) is 5.20. The number of allylic oxidation sites excluding steroid dienone is 3. The van der Waals surface area contributed by atoms with Gasteiger partial charge in [-0.1, -0.05) is 11.6 Å². The van der Waals surface area contributed by atoms with Gasteiger partial charge in [-0.05, 0) is 50.8 Å². The third-order valence-electron chi connectivity index (χ3n) is 4.35. The van der Waals surface area contributed by atoms with Crippen LogP contribution in [0.15, 0.2) is 41.0 Å². The van der Waals surface area contributed by atoms with Gasteiger partial charge in [-0.15, -0.1) is 0 Å². The van der Waals surface area contributed by atoms with E-state index in [0.717, 1.165) is 48.1 Å². The molecule has 1 aliphatic carbocycles. The first-order valence-corrected chi connectivity index (χ1v) is 7.80. The Bertz CT molecular complexity index is 822. The van der Waals surface area contributed by atoms with Gasteiger partial charge in [-0.25, -0.2) is 9.37 Å². The Kier molecular flexibility index (Phi) is 3.17.